The second-order valence-corrected chi connectivity index (χ2v) is 7.45. The van der Waals surface area contributed by atoms with Crippen LogP contribution in [-0.2, 0) is 0 Å². The molecule has 1 aliphatic rings. The van der Waals surface area contributed by atoms with Gasteiger partial charge in [0.25, 0.3) is 0 Å². The topological polar surface area (TPSA) is 0 Å². The first-order valence-electron chi connectivity index (χ1n) is 7.04. The summed E-state index contributed by atoms with van der Waals surface area (Å²) in [5.41, 5.74) is 1.34. The molecule has 0 bridgehead atoms. The third-order valence-electron chi connectivity index (χ3n) is 4.19. The summed E-state index contributed by atoms with van der Waals surface area (Å²) in [6.07, 6.45) is 6.20. The van der Waals surface area contributed by atoms with Gasteiger partial charge in [0, 0.05) is 0 Å². The smallest absolute Gasteiger partial charge is 0.0642 e. The molecule has 1 unspecified atom stereocenters. The predicted molar refractivity (Wildman–Crippen MR) is 85.4 cm³/mol. The SMILES string of the molecule is CC(C)CC1(C(Cl)c2ccc(Cl)c(Cl)c2)CCCC1. The highest BCUT2D eigenvalue weighted by atomic mass is 35.5. The summed E-state index contributed by atoms with van der Waals surface area (Å²) >= 11 is 19.0. The maximum absolute atomic E-state index is 6.84. The van der Waals surface area contributed by atoms with Crippen molar-refractivity contribution in [1.82, 2.24) is 0 Å². The van der Waals surface area contributed by atoms with E-state index in [1.807, 2.05) is 18.2 Å². The van der Waals surface area contributed by atoms with Crippen LogP contribution in [0.15, 0.2) is 18.2 Å². The molecule has 1 fully saturated rings. The van der Waals surface area contributed by atoms with Crippen LogP contribution >= 0.6 is 34.8 Å². The molecule has 0 nitrogen and oxygen atoms in total. The summed E-state index contributed by atoms with van der Waals surface area (Å²) in [6.45, 7) is 4.55. The van der Waals surface area contributed by atoms with E-state index in [-0.39, 0.29) is 10.8 Å². The van der Waals surface area contributed by atoms with Crippen LogP contribution in [0, 0.1) is 11.3 Å². The average Bonchev–Trinajstić information content (AvgIpc) is 2.80. The van der Waals surface area contributed by atoms with Crippen molar-refractivity contribution in [2.45, 2.75) is 51.3 Å². The summed E-state index contributed by atoms with van der Waals surface area (Å²) in [4.78, 5) is 0. The summed E-state index contributed by atoms with van der Waals surface area (Å²) in [5.74, 6) is 0.669. The van der Waals surface area contributed by atoms with Gasteiger partial charge in [0.15, 0.2) is 0 Å². The van der Waals surface area contributed by atoms with Gasteiger partial charge in [-0.2, -0.15) is 0 Å². The second-order valence-electron chi connectivity index (χ2n) is 6.20. The van der Waals surface area contributed by atoms with Crippen LogP contribution in [0.5, 0.6) is 0 Å². The normalized spacial score (nSPS) is 19.9. The lowest BCUT2D eigenvalue weighted by molar-refractivity contribution is 0.223. The average molecular weight is 320 g/mol. The Kier molecular flexibility index (Phi) is 5.09. The van der Waals surface area contributed by atoms with E-state index in [1.54, 1.807) is 0 Å². The summed E-state index contributed by atoms with van der Waals surface area (Å²) in [5, 5.41) is 1.23. The standard InChI is InChI=1S/C16H21Cl3/c1-11(2)10-16(7-3-4-8-16)15(19)12-5-6-13(17)14(18)9-12/h5-6,9,11,15H,3-4,7-8,10H2,1-2H3. The van der Waals surface area contributed by atoms with Crippen molar-refractivity contribution in [2.24, 2.45) is 11.3 Å². The minimum Gasteiger partial charge on any atom is -0.117 e. The molecular formula is C16H21Cl3. The zero-order valence-electron chi connectivity index (χ0n) is 11.6. The molecule has 0 amide bonds. The lowest BCUT2D eigenvalue weighted by Gasteiger charge is -2.36. The van der Waals surface area contributed by atoms with Gasteiger partial charge < -0.3 is 0 Å². The van der Waals surface area contributed by atoms with Gasteiger partial charge in [-0.05, 0) is 48.3 Å². The zero-order chi connectivity index (χ0) is 14.0. The van der Waals surface area contributed by atoms with E-state index in [0.29, 0.717) is 16.0 Å². The van der Waals surface area contributed by atoms with Crippen molar-refractivity contribution >= 4 is 34.8 Å². The molecule has 0 heterocycles. The summed E-state index contributed by atoms with van der Waals surface area (Å²) < 4.78 is 0. The fourth-order valence-corrected chi connectivity index (χ4v) is 4.23. The van der Waals surface area contributed by atoms with Gasteiger partial charge in [-0.1, -0.05) is 56.0 Å². The largest absolute Gasteiger partial charge is 0.117 e. The Morgan fingerprint density at radius 3 is 2.26 bits per heavy atom. The van der Waals surface area contributed by atoms with Crippen LogP contribution in [0.2, 0.25) is 10.0 Å². The lowest BCUT2D eigenvalue weighted by atomic mass is 9.73. The third kappa shape index (κ3) is 3.40. The van der Waals surface area contributed by atoms with Crippen LogP contribution in [-0.4, -0.2) is 0 Å². The number of alkyl halides is 1. The maximum Gasteiger partial charge on any atom is 0.0642 e. The number of hydrogen-bond acceptors (Lipinski definition) is 0. The van der Waals surface area contributed by atoms with Gasteiger partial charge in [-0.15, -0.1) is 11.6 Å². The fourth-order valence-electron chi connectivity index (χ4n) is 3.48. The first-order chi connectivity index (χ1) is 8.94. The van der Waals surface area contributed by atoms with E-state index >= 15 is 0 Å². The molecule has 1 aromatic carbocycles. The molecule has 1 saturated carbocycles. The molecular weight excluding hydrogens is 299 g/mol. The van der Waals surface area contributed by atoms with Crippen molar-refractivity contribution < 1.29 is 0 Å². The third-order valence-corrected chi connectivity index (χ3v) is 5.64. The van der Waals surface area contributed by atoms with Crippen molar-refractivity contribution in [3.05, 3.63) is 33.8 Å². The summed E-state index contributed by atoms with van der Waals surface area (Å²) in [6, 6.07) is 5.81. The fraction of sp³-hybridized carbons (Fsp3) is 0.625. The van der Waals surface area contributed by atoms with Crippen LogP contribution in [0.4, 0.5) is 0 Å². The van der Waals surface area contributed by atoms with Gasteiger partial charge in [0.1, 0.15) is 0 Å². The van der Waals surface area contributed by atoms with E-state index in [4.69, 9.17) is 34.8 Å². The molecule has 3 heteroatoms. The number of halogens is 3. The monoisotopic (exact) mass is 318 g/mol. The first kappa shape index (κ1) is 15.5. The molecule has 0 spiro atoms. The highest BCUT2D eigenvalue weighted by Gasteiger charge is 2.41. The number of hydrogen-bond donors (Lipinski definition) is 0. The molecule has 1 aliphatic carbocycles. The molecule has 19 heavy (non-hydrogen) atoms. The molecule has 0 N–H and O–H groups in total. The van der Waals surface area contributed by atoms with E-state index in [0.717, 1.165) is 5.56 Å². The molecule has 0 radical (unpaired) electrons. The molecule has 0 saturated heterocycles. The van der Waals surface area contributed by atoms with Gasteiger partial charge in [-0.25, -0.2) is 0 Å². The van der Waals surface area contributed by atoms with Gasteiger partial charge in [0.05, 0.1) is 15.4 Å². The lowest BCUT2D eigenvalue weighted by Crippen LogP contribution is -2.24. The minimum absolute atomic E-state index is 0.0344. The highest BCUT2D eigenvalue weighted by molar-refractivity contribution is 6.42. The van der Waals surface area contributed by atoms with Crippen LogP contribution in [0.3, 0.4) is 0 Å². The minimum atomic E-state index is 0.0344. The highest BCUT2D eigenvalue weighted by Crippen LogP contribution is 2.54. The molecule has 0 aromatic heterocycles. The van der Waals surface area contributed by atoms with E-state index in [9.17, 15) is 0 Å². The Balaban J connectivity index is 2.28. The summed E-state index contributed by atoms with van der Waals surface area (Å²) in [7, 11) is 0. The van der Waals surface area contributed by atoms with Gasteiger partial charge >= 0.3 is 0 Å². The Hall–Kier alpha value is 0.0900. The van der Waals surface area contributed by atoms with E-state index < -0.39 is 0 Å². The zero-order valence-corrected chi connectivity index (χ0v) is 13.8. The Morgan fingerprint density at radius 1 is 1.11 bits per heavy atom. The van der Waals surface area contributed by atoms with Gasteiger partial charge in [0.2, 0.25) is 0 Å². The second kappa shape index (κ2) is 6.24. The van der Waals surface area contributed by atoms with Crippen LogP contribution in [0.25, 0.3) is 0 Å². The van der Waals surface area contributed by atoms with Crippen molar-refractivity contribution in [1.29, 1.82) is 0 Å². The molecule has 1 atom stereocenters. The predicted octanol–water partition coefficient (Wildman–Crippen LogP) is 6.88. The number of benzene rings is 1. The van der Waals surface area contributed by atoms with Crippen molar-refractivity contribution in [3.8, 4) is 0 Å². The Morgan fingerprint density at radius 2 is 1.74 bits per heavy atom. The Bertz CT molecular complexity index is 434. The van der Waals surface area contributed by atoms with E-state index in [1.165, 1.54) is 32.1 Å². The van der Waals surface area contributed by atoms with Crippen molar-refractivity contribution in [3.63, 3.8) is 0 Å². The van der Waals surface area contributed by atoms with Crippen LogP contribution in [0.1, 0.15) is 56.9 Å². The molecule has 0 aliphatic heterocycles. The van der Waals surface area contributed by atoms with Crippen LogP contribution < -0.4 is 0 Å². The molecule has 1 aromatic rings. The Labute approximate surface area is 131 Å². The van der Waals surface area contributed by atoms with Crippen molar-refractivity contribution in [2.75, 3.05) is 0 Å². The molecule has 2 rings (SSSR count). The first-order valence-corrected chi connectivity index (χ1v) is 8.23. The maximum atomic E-state index is 6.84. The quantitative estimate of drug-likeness (QED) is 0.531. The molecule has 106 valence electrons. The van der Waals surface area contributed by atoms with E-state index in [2.05, 4.69) is 13.8 Å². The number of rotatable bonds is 4. The van der Waals surface area contributed by atoms with Gasteiger partial charge in [-0.3, -0.25) is 0 Å².